The summed E-state index contributed by atoms with van der Waals surface area (Å²) in [4.78, 5) is 0. The molecule has 0 spiro atoms. The smallest absolute Gasteiger partial charge is 0.137 e. The molecule has 0 aliphatic rings. The van der Waals surface area contributed by atoms with Crippen molar-refractivity contribution < 1.29 is 13.5 Å². The molecule has 0 aliphatic heterocycles. The van der Waals surface area contributed by atoms with E-state index in [1.165, 1.54) is 6.07 Å². The van der Waals surface area contributed by atoms with Gasteiger partial charge < -0.3 is 14.5 Å². The molecule has 3 nitrogen and oxygen atoms in total. The van der Waals surface area contributed by atoms with E-state index in [0.717, 1.165) is 12.3 Å². The normalized spacial score (nSPS) is 10.2. The van der Waals surface area contributed by atoms with E-state index < -0.39 is 0 Å². The van der Waals surface area contributed by atoms with E-state index in [0.29, 0.717) is 24.5 Å². The van der Waals surface area contributed by atoms with Crippen molar-refractivity contribution in [2.75, 3.05) is 20.3 Å². The summed E-state index contributed by atoms with van der Waals surface area (Å²) < 4.78 is 24.1. The maximum absolute atomic E-state index is 13.5. The summed E-state index contributed by atoms with van der Waals surface area (Å²) in [5.41, 5.74) is 0.487. The summed E-state index contributed by atoms with van der Waals surface area (Å²) in [7, 11) is 1.66. The summed E-state index contributed by atoms with van der Waals surface area (Å²) in [6.07, 6.45) is 0. The molecule has 1 aromatic carbocycles. The molecule has 104 valence electrons. The molecule has 1 N–H and O–H groups in total. The maximum atomic E-state index is 13.5. The lowest BCUT2D eigenvalue weighted by Crippen LogP contribution is -2.18. The Morgan fingerprint density at radius 3 is 2.74 bits per heavy atom. The van der Waals surface area contributed by atoms with Gasteiger partial charge in [0.05, 0.1) is 18.7 Å². The molecule has 1 heterocycles. The van der Waals surface area contributed by atoms with Gasteiger partial charge in [0.25, 0.3) is 0 Å². The van der Waals surface area contributed by atoms with Crippen molar-refractivity contribution in [2.24, 2.45) is 0 Å². The molecule has 2 rings (SSSR count). The van der Waals surface area contributed by atoms with Gasteiger partial charge in [-0.2, -0.15) is 0 Å². The zero-order valence-corrected chi connectivity index (χ0v) is 11.5. The Morgan fingerprint density at radius 1 is 1.21 bits per heavy atom. The second kappa shape index (κ2) is 7.94. The summed E-state index contributed by atoms with van der Waals surface area (Å²) in [6.45, 7) is 2.02. The van der Waals surface area contributed by atoms with Crippen LogP contribution < -0.4 is 5.32 Å². The van der Waals surface area contributed by atoms with Crippen LogP contribution in [0.2, 0.25) is 0 Å². The van der Waals surface area contributed by atoms with Crippen molar-refractivity contribution in [3.8, 4) is 11.3 Å². The zero-order valence-electron chi connectivity index (χ0n) is 10.7. The summed E-state index contributed by atoms with van der Waals surface area (Å²) in [6, 6.07) is 10.2. The number of hydrogen-bond acceptors (Lipinski definition) is 3. The molecule has 0 unspecified atom stereocenters. The van der Waals surface area contributed by atoms with Crippen molar-refractivity contribution in [1.82, 2.24) is 5.32 Å². The van der Waals surface area contributed by atoms with Gasteiger partial charge in [-0.3, -0.25) is 0 Å². The average molecular weight is 286 g/mol. The number of halogens is 2. The van der Waals surface area contributed by atoms with E-state index in [1.807, 2.05) is 6.07 Å². The average Bonchev–Trinajstić information content (AvgIpc) is 2.84. The Labute approximate surface area is 118 Å². The van der Waals surface area contributed by atoms with Crippen LogP contribution in [0.4, 0.5) is 4.39 Å². The van der Waals surface area contributed by atoms with Crippen LogP contribution in [0.1, 0.15) is 5.76 Å². The molecule has 2 aromatic rings. The van der Waals surface area contributed by atoms with Gasteiger partial charge in [0.1, 0.15) is 17.3 Å². The van der Waals surface area contributed by atoms with Crippen molar-refractivity contribution >= 4 is 12.4 Å². The quantitative estimate of drug-likeness (QED) is 0.828. The van der Waals surface area contributed by atoms with E-state index in [-0.39, 0.29) is 18.2 Å². The molecule has 0 amide bonds. The topological polar surface area (TPSA) is 34.4 Å². The van der Waals surface area contributed by atoms with Crippen LogP contribution in [0.3, 0.4) is 0 Å². The molecule has 1 aromatic heterocycles. The van der Waals surface area contributed by atoms with Gasteiger partial charge in [-0.05, 0) is 24.3 Å². The molecule has 0 saturated carbocycles. The predicted molar refractivity (Wildman–Crippen MR) is 74.9 cm³/mol. The summed E-state index contributed by atoms with van der Waals surface area (Å²) in [5.74, 6) is 1.06. The van der Waals surface area contributed by atoms with Crippen LogP contribution in [0.25, 0.3) is 11.3 Å². The molecule has 0 bridgehead atoms. The standard InChI is InChI=1S/C14H16FNO2.ClH/c1-17-9-8-16-10-11-6-7-14(18-11)12-4-2-3-5-13(12)15;/h2-7,16H,8-10H2,1H3;1H. The Bertz CT molecular complexity index is 502. The van der Waals surface area contributed by atoms with Gasteiger partial charge >= 0.3 is 0 Å². The van der Waals surface area contributed by atoms with Gasteiger partial charge in [0, 0.05) is 13.7 Å². The Hall–Kier alpha value is -1.36. The highest BCUT2D eigenvalue weighted by atomic mass is 35.5. The van der Waals surface area contributed by atoms with E-state index in [9.17, 15) is 4.39 Å². The Morgan fingerprint density at radius 2 is 2.00 bits per heavy atom. The molecular weight excluding hydrogens is 269 g/mol. The molecule has 0 fully saturated rings. The number of benzene rings is 1. The van der Waals surface area contributed by atoms with Crippen LogP contribution >= 0.6 is 12.4 Å². The minimum Gasteiger partial charge on any atom is -0.460 e. The van der Waals surface area contributed by atoms with Crippen LogP contribution in [-0.4, -0.2) is 20.3 Å². The Kier molecular flexibility index (Phi) is 6.56. The second-order valence-corrected chi connectivity index (χ2v) is 3.92. The van der Waals surface area contributed by atoms with Crippen LogP contribution in [0, 0.1) is 5.82 Å². The third-order valence-electron chi connectivity index (χ3n) is 2.58. The van der Waals surface area contributed by atoms with Crippen molar-refractivity contribution in [3.05, 3.63) is 48.0 Å². The van der Waals surface area contributed by atoms with Crippen LogP contribution in [0.5, 0.6) is 0 Å². The SMILES string of the molecule is COCCNCc1ccc(-c2ccccc2F)o1.Cl. The number of hydrogen-bond donors (Lipinski definition) is 1. The lowest BCUT2D eigenvalue weighted by Gasteiger charge is -2.01. The van der Waals surface area contributed by atoms with E-state index in [1.54, 1.807) is 31.4 Å². The van der Waals surface area contributed by atoms with Gasteiger partial charge in [-0.1, -0.05) is 12.1 Å². The lowest BCUT2D eigenvalue weighted by atomic mass is 10.1. The number of nitrogens with one attached hydrogen (secondary N) is 1. The monoisotopic (exact) mass is 285 g/mol. The number of rotatable bonds is 6. The number of furan rings is 1. The maximum Gasteiger partial charge on any atom is 0.137 e. The van der Waals surface area contributed by atoms with Gasteiger partial charge in [0.2, 0.25) is 0 Å². The fourth-order valence-corrected chi connectivity index (χ4v) is 1.66. The molecular formula is C14H17ClFNO2. The van der Waals surface area contributed by atoms with E-state index >= 15 is 0 Å². The molecule has 5 heteroatoms. The van der Waals surface area contributed by atoms with Gasteiger partial charge in [-0.15, -0.1) is 12.4 Å². The highest BCUT2D eigenvalue weighted by Gasteiger charge is 2.08. The molecule has 0 saturated heterocycles. The summed E-state index contributed by atoms with van der Waals surface area (Å²) >= 11 is 0. The second-order valence-electron chi connectivity index (χ2n) is 3.92. The van der Waals surface area contributed by atoms with Crippen LogP contribution in [0.15, 0.2) is 40.8 Å². The first-order chi connectivity index (χ1) is 8.81. The number of ether oxygens (including phenoxy) is 1. The van der Waals surface area contributed by atoms with Crippen molar-refractivity contribution in [2.45, 2.75) is 6.54 Å². The Balaban J connectivity index is 0.00000180. The number of methoxy groups -OCH3 is 1. The van der Waals surface area contributed by atoms with E-state index in [4.69, 9.17) is 9.15 Å². The van der Waals surface area contributed by atoms with Crippen molar-refractivity contribution in [1.29, 1.82) is 0 Å². The fraction of sp³-hybridized carbons (Fsp3) is 0.286. The molecule has 0 atom stereocenters. The molecule has 19 heavy (non-hydrogen) atoms. The third kappa shape index (κ3) is 4.35. The first kappa shape index (κ1) is 15.7. The van der Waals surface area contributed by atoms with E-state index in [2.05, 4.69) is 5.32 Å². The fourth-order valence-electron chi connectivity index (χ4n) is 1.66. The minimum atomic E-state index is -0.272. The van der Waals surface area contributed by atoms with Gasteiger partial charge in [-0.25, -0.2) is 4.39 Å². The zero-order chi connectivity index (χ0) is 12.8. The minimum absolute atomic E-state index is 0. The highest BCUT2D eigenvalue weighted by Crippen LogP contribution is 2.24. The predicted octanol–water partition coefficient (Wildman–Crippen LogP) is 3.24. The first-order valence-electron chi connectivity index (χ1n) is 5.84. The molecule has 0 aliphatic carbocycles. The third-order valence-corrected chi connectivity index (χ3v) is 2.58. The molecule has 0 radical (unpaired) electrons. The van der Waals surface area contributed by atoms with Gasteiger partial charge in [0.15, 0.2) is 0 Å². The summed E-state index contributed by atoms with van der Waals surface area (Å²) in [5, 5.41) is 3.17. The lowest BCUT2D eigenvalue weighted by molar-refractivity contribution is 0.198. The largest absolute Gasteiger partial charge is 0.460 e. The highest BCUT2D eigenvalue weighted by molar-refractivity contribution is 5.85. The van der Waals surface area contributed by atoms with Crippen LogP contribution in [-0.2, 0) is 11.3 Å². The van der Waals surface area contributed by atoms with Crippen molar-refractivity contribution in [3.63, 3.8) is 0 Å². The first-order valence-corrected chi connectivity index (χ1v) is 5.84.